The van der Waals surface area contributed by atoms with Gasteiger partial charge in [0.25, 0.3) is 0 Å². The van der Waals surface area contributed by atoms with Crippen molar-refractivity contribution in [3.63, 3.8) is 0 Å². The first-order valence-corrected chi connectivity index (χ1v) is 10.9. The van der Waals surface area contributed by atoms with Crippen LogP contribution in [-0.4, -0.2) is 39.3 Å². The Morgan fingerprint density at radius 1 is 1.06 bits per heavy atom. The number of primary amides is 1. The summed E-state index contributed by atoms with van der Waals surface area (Å²) in [5.41, 5.74) is 11.2. The molecule has 33 heavy (non-hydrogen) atoms. The second-order valence-electron chi connectivity index (χ2n) is 8.92. The SMILES string of the molecule is CC(C)N(C(C)C)C(C)(C(N)=O)[C@H](Cc1ccc(F)c(F)c1)C(=O)NCc1ccc(N)nc1. The minimum absolute atomic E-state index is 0.0155. The van der Waals surface area contributed by atoms with E-state index in [-0.39, 0.29) is 25.0 Å². The molecular weight excluding hydrogens is 428 g/mol. The van der Waals surface area contributed by atoms with Gasteiger partial charge in [-0.1, -0.05) is 12.1 Å². The van der Waals surface area contributed by atoms with E-state index in [0.717, 1.165) is 17.7 Å². The number of nitrogens with zero attached hydrogens (tertiary/aromatic N) is 2. The second-order valence-corrected chi connectivity index (χ2v) is 8.92. The van der Waals surface area contributed by atoms with Gasteiger partial charge in [0.05, 0.1) is 5.92 Å². The van der Waals surface area contributed by atoms with Crippen molar-refractivity contribution in [2.45, 2.75) is 65.2 Å². The van der Waals surface area contributed by atoms with Gasteiger partial charge in [-0.25, -0.2) is 13.8 Å². The Bertz CT molecular complexity index is 973. The number of carbonyl (C=O) groups excluding carboxylic acids is 2. The zero-order valence-corrected chi connectivity index (χ0v) is 19.7. The largest absolute Gasteiger partial charge is 0.384 e. The van der Waals surface area contributed by atoms with E-state index >= 15 is 0 Å². The second kappa shape index (κ2) is 10.7. The minimum Gasteiger partial charge on any atom is -0.384 e. The molecule has 9 heteroatoms. The molecule has 2 rings (SSSR count). The molecule has 2 atom stereocenters. The summed E-state index contributed by atoms with van der Waals surface area (Å²) in [7, 11) is 0. The molecule has 7 nitrogen and oxygen atoms in total. The van der Waals surface area contributed by atoms with Crippen LogP contribution in [-0.2, 0) is 22.6 Å². The monoisotopic (exact) mass is 461 g/mol. The summed E-state index contributed by atoms with van der Waals surface area (Å²) in [6.07, 6.45) is 1.53. The number of nitrogens with one attached hydrogen (secondary N) is 1. The van der Waals surface area contributed by atoms with Crippen molar-refractivity contribution >= 4 is 17.6 Å². The van der Waals surface area contributed by atoms with Crippen LogP contribution in [0.4, 0.5) is 14.6 Å². The van der Waals surface area contributed by atoms with Crippen molar-refractivity contribution < 1.29 is 18.4 Å². The zero-order valence-electron chi connectivity index (χ0n) is 19.7. The van der Waals surface area contributed by atoms with Crippen molar-refractivity contribution in [1.29, 1.82) is 0 Å². The lowest BCUT2D eigenvalue weighted by atomic mass is 9.77. The maximum absolute atomic E-state index is 13.9. The lowest BCUT2D eigenvalue weighted by Gasteiger charge is -2.48. The number of anilines is 1. The molecule has 0 aliphatic rings. The third-order valence-corrected chi connectivity index (χ3v) is 5.88. The highest BCUT2D eigenvalue weighted by molar-refractivity contribution is 5.93. The van der Waals surface area contributed by atoms with Crippen molar-refractivity contribution in [2.75, 3.05) is 5.73 Å². The summed E-state index contributed by atoms with van der Waals surface area (Å²) in [4.78, 5) is 32.3. The molecule has 0 fully saturated rings. The number of hydrogen-bond acceptors (Lipinski definition) is 5. The topological polar surface area (TPSA) is 114 Å². The first kappa shape index (κ1) is 26.2. The lowest BCUT2D eigenvalue weighted by molar-refractivity contribution is -0.146. The number of pyridine rings is 1. The van der Waals surface area contributed by atoms with Crippen LogP contribution in [0.2, 0.25) is 0 Å². The maximum atomic E-state index is 13.9. The number of halogens is 2. The van der Waals surface area contributed by atoms with Gasteiger partial charge in [0.15, 0.2) is 11.6 Å². The van der Waals surface area contributed by atoms with Gasteiger partial charge < -0.3 is 16.8 Å². The average Bonchev–Trinajstić information content (AvgIpc) is 2.73. The summed E-state index contributed by atoms with van der Waals surface area (Å²) >= 11 is 0. The Balaban J connectivity index is 2.48. The summed E-state index contributed by atoms with van der Waals surface area (Å²) in [6, 6.07) is 6.55. The van der Waals surface area contributed by atoms with Crippen LogP contribution >= 0.6 is 0 Å². The predicted octanol–water partition coefficient (Wildman–Crippen LogP) is 2.78. The van der Waals surface area contributed by atoms with E-state index in [4.69, 9.17) is 11.5 Å². The molecule has 1 aromatic heterocycles. The number of hydrogen-bond donors (Lipinski definition) is 3. The van der Waals surface area contributed by atoms with Crippen LogP contribution < -0.4 is 16.8 Å². The fraction of sp³-hybridized carbons (Fsp3) is 0.458. The summed E-state index contributed by atoms with van der Waals surface area (Å²) in [6.45, 7) is 9.42. The third-order valence-electron chi connectivity index (χ3n) is 5.88. The molecule has 0 bridgehead atoms. The Kier molecular flexibility index (Phi) is 8.49. The van der Waals surface area contributed by atoms with Gasteiger partial charge in [0, 0.05) is 24.8 Å². The van der Waals surface area contributed by atoms with Crippen LogP contribution in [0.3, 0.4) is 0 Å². The van der Waals surface area contributed by atoms with Crippen LogP contribution in [0.1, 0.15) is 45.7 Å². The molecule has 180 valence electrons. The van der Waals surface area contributed by atoms with E-state index in [9.17, 15) is 18.4 Å². The standard InChI is InChI=1S/C24H33F2N5O2/c1-14(2)31(15(3)4)24(5,23(28)33)18(10-16-6-8-19(25)20(26)11-16)22(32)30-13-17-7-9-21(27)29-12-17/h6-9,11-12,14-15,18H,10,13H2,1-5H3,(H2,27,29)(H2,28,33)(H,30,32)/t18-,24?/m1/s1. The normalized spacial score (nSPS) is 14.4. The van der Waals surface area contributed by atoms with Gasteiger partial charge in [0.1, 0.15) is 11.4 Å². The van der Waals surface area contributed by atoms with E-state index in [1.165, 1.54) is 6.07 Å². The Morgan fingerprint density at radius 2 is 1.67 bits per heavy atom. The third kappa shape index (κ3) is 6.04. The van der Waals surface area contributed by atoms with Gasteiger partial charge >= 0.3 is 0 Å². The lowest BCUT2D eigenvalue weighted by Crippen LogP contribution is -2.67. The van der Waals surface area contributed by atoms with E-state index in [1.54, 1.807) is 25.3 Å². The molecule has 1 aromatic carbocycles. The Morgan fingerprint density at radius 3 is 2.15 bits per heavy atom. The highest BCUT2D eigenvalue weighted by atomic mass is 19.2. The Hall–Kier alpha value is -3.07. The predicted molar refractivity (Wildman–Crippen MR) is 124 cm³/mol. The summed E-state index contributed by atoms with van der Waals surface area (Å²) in [5, 5.41) is 2.84. The van der Waals surface area contributed by atoms with Crippen molar-refractivity contribution in [2.24, 2.45) is 11.7 Å². The van der Waals surface area contributed by atoms with Crippen molar-refractivity contribution in [1.82, 2.24) is 15.2 Å². The first-order valence-electron chi connectivity index (χ1n) is 10.9. The van der Waals surface area contributed by atoms with Crippen molar-refractivity contribution in [3.8, 4) is 0 Å². The van der Waals surface area contributed by atoms with E-state index in [2.05, 4.69) is 10.3 Å². The van der Waals surface area contributed by atoms with Gasteiger partial charge in [-0.2, -0.15) is 0 Å². The molecule has 1 heterocycles. The molecule has 5 N–H and O–H groups in total. The summed E-state index contributed by atoms with van der Waals surface area (Å²) in [5.74, 6) is -3.76. The van der Waals surface area contributed by atoms with Gasteiger partial charge in [-0.3, -0.25) is 14.5 Å². The molecular formula is C24H33F2N5O2. The fourth-order valence-electron chi connectivity index (χ4n) is 4.45. The van der Waals surface area contributed by atoms with Gasteiger partial charge in [0.2, 0.25) is 11.8 Å². The summed E-state index contributed by atoms with van der Waals surface area (Å²) < 4.78 is 27.4. The number of nitrogen functional groups attached to an aromatic ring is 1. The Labute approximate surface area is 193 Å². The fourth-order valence-corrected chi connectivity index (χ4v) is 4.45. The molecule has 1 unspecified atom stereocenters. The molecule has 0 aliphatic heterocycles. The number of aromatic nitrogens is 1. The number of nitrogens with two attached hydrogens (primary N) is 2. The molecule has 0 saturated carbocycles. The van der Waals surface area contributed by atoms with Crippen LogP contribution in [0.5, 0.6) is 0 Å². The van der Waals surface area contributed by atoms with E-state index < -0.39 is 34.9 Å². The smallest absolute Gasteiger partial charge is 0.238 e. The van der Waals surface area contributed by atoms with E-state index in [1.807, 2.05) is 32.6 Å². The molecule has 2 aromatic rings. The quantitative estimate of drug-likeness (QED) is 0.503. The number of benzene rings is 1. The molecule has 0 saturated heterocycles. The molecule has 0 radical (unpaired) electrons. The number of rotatable bonds is 10. The first-order chi connectivity index (χ1) is 15.4. The average molecular weight is 462 g/mol. The van der Waals surface area contributed by atoms with E-state index in [0.29, 0.717) is 11.4 Å². The van der Waals surface area contributed by atoms with Crippen LogP contribution in [0, 0.1) is 17.6 Å². The molecule has 0 aliphatic carbocycles. The number of carbonyl (C=O) groups is 2. The highest BCUT2D eigenvalue weighted by Crippen LogP contribution is 2.32. The van der Waals surface area contributed by atoms with Gasteiger partial charge in [-0.05, 0) is 70.4 Å². The molecule has 2 amide bonds. The van der Waals surface area contributed by atoms with Gasteiger partial charge in [-0.15, -0.1) is 0 Å². The maximum Gasteiger partial charge on any atom is 0.238 e. The number of amides is 2. The highest BCUT2D eigenvalue weighted by Gasteiger charge is 2.50. The van der Waals surface area contributed by atoms with Crippen molar-refractivity contribution in [3.05, 3.63) is 59.3 Å². The minimum atomic E-state index is -1.41. The molecule has 0 spiro atoms. The zero-order chi connectivity index (χ0) is 24.9. The van der Waals surface area contributed by atoms with Crippen LogP contribution in [0.25, 0.3) is 0 Å². The van der Waals surface area contributed by atoms with Crippen LogP contribution in [0.15, 0.2) is 36.5 Å².